The highest BCUT2D eigenvalue weighted by atomic mass is 19.4. The first-order chi connectivity index (χ1) is 14.8. The van der Waals surface area contributed by atoms with Crippen molar-refractivity contribution in [2.24, 2.45) is 0 Å². The predicted molar refractivity (Wildman–Crippen MR) is 109 cm³/mol. The number of rotatable bonds is 2. The van der Waals surface area contributed by atoms with E-state index in [4.69, 9.17) is 0 Å². The molecule has 0 spiro atoms. The second-order valence-electron chi connectivity index (χ2n) is 7.72. The summed E-state index contributed by atoms with van der Waals surface area (Å²) in [4.78, 5) is 26.2. The first-order valence-electron chi connectivity index (χ1n) is 9.95. The van der Waals surface area contributed by atoms with Gasteiger partial charge in [0.25, 0.3) is 5.56 Å². The van der Waals surface area contributed by atoms with Crippen molar-refractivity contribution in [3.8, 4) is 5.69 Å². The number of halogens is 3. The zero-order chi connectivity index (χ0) is 21.8. The van der Waals surface area contributed by atoms with Gasteiger partial charge in [-0.1, -0.05) is 30.3 Å². The number of nitrogens with zero attached hydrogens (tertiary/aromatic N) is 1. The Kier molecular flexibility index (Phi) is 4.39. The first kappa shape index (κ1) is 19.4. The zero-order valence-corrected chi connectivity index (χ0v) is 16.3. The van der Waals surface area contributed by atoms with Crippen LogP contribution in [0.4, 0.5) is 19.0 Å². The van der Waals surface area contributed by atoms with E-state index >= 15 is 0 Å². The molecule has 0 bridgehead atoms. The molecule has 2 aliphatic rings. The summed E-state index contributed by atoms with van der Waals surface area (Å²) in [5, 5.41) is 6.27. The number of aromatic nitrogens is 2. The molecule has 3 aromatic rings. The highest BCUT2D eigenvalue weighted by molar-refractivity contribution is 6.00. The molecule has 2 aromatic carbocycles. The van der Waals surface area contributed by atoms with Crippen LogP contribution in [-0.2, 0) is 11.0 Å². The molecule has 0 fully saturated rings. The van der Waals surface area contributed by atoms with Crippen molar-refractivity contribution in [2.75, 3.05) is 5.32 Å². The minimum absolute atomic E-state index is 0.0869. The summed E-state index contributed by atoms with van der Waals surface area (Å²) >= 11 is 0. The largest absolute Gasteiger partial charge is 0.416 e. The smallest absolute Gasteiger partial charge is 0.343 e. The molecular weight excluding hydrogens is 407 g/mol. The van der Waals surface area contributed by atoms with E-state index in [9.17, 15) is 22.8 Å². The standard InChI is InChI=1S/C23H18F3N3O2/c24-23(25,26)14-11-9-13(10-12-14)18-19-16(7-4-8-17(19)30)27-21-20(18)22(31)29(28-21)15-5-2-1-3-6-15/h1-3,5-6,9-12,18,27-28H,4,7-8H2. The number of nitrogens with one attached hydrogen (secondary N) is 2. The van der Waals surface area contributed by atoms with Crippen molar-refractivity contribution in [3.05, 3.63) is 92.9 Å². The highest BCUT2D eigenvalue weighted by Gasteiger charge is 2.39. The minimum Gasteiger partial charge on any atom is -0.343 e. The number of hydrogen-bond acceptors (Lipinski definition) is 3. The average Bonchev–Trinajstić information content (AvgIpc) is 3.09. The summed E-state index contributed by atoms with van der Waals surface area (Å²) in [5.74, 6) is -0.349. The van der Waals surface area contributed by atoms with Crippen LogP contribution in [0.15, 0.2) is 70.7 Å². The third-order valence-electron chi connectivity index (χ3n) is 5.82. The van der Waals surface area contributed by atoms with Crippen LogP contribution in [0.3, 0.4) is 0 Å². The van der Waals surface area contributed by atoms with Crippen molar-refractivity contribution in [3.63, 3.8) is 0 Å². The van der Waals surface area contributed by atoms with Gasteiger partial charge >= 0.3 is 6.18 Å². The van der Waals surface area contributed by atoms with E-state index in [0.29, 0.717) is 47.5 Å². The minimum atomic E-state index is -4.46. The number of benzene rings is 2. The number of fused-ring (bicyclic) bond motifs is 1. The maximum Gasteiger partial charge on any atom is 0.416 e. The lowest BCUT2D eigenvalue weighted by molar-refractivity contribution is -0.137. The van der Waals surface area contributed by atoms with Crippen molar-refractivity contribution in [1.82, 2.24) is 9.78 Å². The summed E-state index contributed by atoms with van der Waals surface area (Å²) < 4.78 is 40.6. The Balaban J connectivity index is 1.70. The zero-order valence-electron chi connectivity index (χ0n) is 16.3. The van der Waals surface area contributed by atoms with Gasteiger partial charge in [0.05, 0.1) is 16.8 Å². The quantitative estimate of drug-likeness (QED) is 0.623. The molecule has 1 aliphatic carbocycles. The van der Waals surface area contributed by atoms with Gasteiger partial charge in [0, 0.05) is 23.6 Å². The van der Waals surface area contributed by atoms with Gasteiger partial charge in [0.2, 0.25) is 0 Å². The Morgan fingerprint density at radius 3 is 2.32 bits per heavy atom. The molecule has 5 nitrogen and oxygen atoms in total. The van der Waals surface area contributed by atoms with Gasteiger partial charge in [-0.3, -0.25) is 14.7 Å². The van der Waals surface area contributed by atoms with Gasteiger partial charge in [-0.15, -0.1) is 0 Å². The summed E-state index contributed by atoms with van der Waals surface area (Å²) in [7, 11) is 0. The topological polar surface area (TPSA) is 66.9 Å². The van der Waals surface area contributed by atoms with Crippen molar-refractivity contribution >= 4 is 11.6 Å². The lowest BCUT2D eigenvalue weighted by atomic mass is 9.76. The number of carbonyl (C=O) groups is 1. The maximum atomic E-state index is 13.4. The Labute approximate surface area is 175 Å². The number of H-pyrrole nitrogens is 1. The van der Waals surface area contributed by atoms with E-state index in [1.165, 1.54) is 16.8 Å². The predicted octanol–water partition coefficient (Wildman–Crippen LogP) is 4.75. The number of Topliss-reactive ketones (excluding diaryl/α,β-unsaturated/α-hetero) is 1. The molecular formula is C23H18F3N3O2. The van der Waals surface area contributed by atoms with E-state index in [0.717, 1.165) is 17.8 Å². The van der Waals surface area contributed by atoms with E-state index < -0.39 is 17.7 Å². The van der Waals surface area contributed by atoms with Gasteiger partial charge < -0.3 is 5.32 Å². The summed E-state index contributed by atoms with van der Waals surface area (Å²) in [6.45, 7) is 0. The van der Waals surface area contributed by atoms with Crippen LogP contribution in [0.2, 0.25) is 0 Å². The number of anilines is 1. The molecule has 1 aromatic heterocycles. The summed E-state index contributed by atoms with van der Waals surface area (Å²) in [5.41, 5.74) is 1.50. The molecule has 2 heterocycles. The van der Waals surface area contributed by atoms with E-state index in [1.54, 1.807) is 24.3 Å². The fourth-order valence-electron chi connectivity index (χ4n) is 4.39. The maximum absolute atomic E-state index is 13.4. The molecule has 0 saturated carbocycles. The molecule has 158 valence electrons. The van der Waals surface area contributed by atoms with Gasteiger partial charge in [-0.2, -0.15) is 13.2 Å². The fourth-order valence-corrected chi connectivity index (χ4v) is 4.39. The van der Waals surface area contributed by atoms with Crippen LogP contribution < -0.4 is 10.9 Å². The molecule has 8 heteroatoms. The Morgan fingerprint density at radius 1 is 0.935 bits per heavy atom. The Hall–Kier alpha value is -3.55. The number of allylic oxidation sites excluding steroid dienone is 2. The molecule has 1 unspecified atom stereocenters. The Bertz CT molecular complexity index is 1250. The normalized spacial score (nSPS) is 18.4. The van der Waals surface area contributed by atoms with Crippen molar-refractivity contribution in [1.29, 1.82) is 0 Å². The third kappa shape index (κ3) is 3.19. The van der Waals surface area contributed by atoms with Crippen LogP contribution in [-0.4, -0.2) is 15.6 Å². The molecule has 0 radical (unpaired) electrons. The first-order valence-corrected chi connectivity index (χ1v) is 9.95. The second-order valence-corrected chi connectivity index (χ2v) is 7.72. The number of aromatic amines is 1. The van der Waals surface area contributed by atoms with Crippen LogP contribution in [0.5, 0.6) is 0 Å². The molecule has 1 atom stereocenters. The van der Waals surface area contributed by atoms with E-state index in [1.807, 2.05) is 6.07 Å². The number of alkyl halides is 3. The monoisotopic (exact) mass is 425 g/mol. The Morgan fingerprint density at radius 2 is 1.65 bits per heavy atom. The second kappa shape index (κ2) is 7.01. The fraction of sp³-hybridized carbons (Fsp3) is 0.217. The van der Waals surface area contributed by atoms with Crippen LogP contribution >= 0.6 is 0 Å². The van der Waals surface area contributed by atoms with Crippen LogP contribution in [0.25, 0.3) is 5.69 Å². The molecule has 31 heavy (non-hydrogen) atoms. The number of hydrogen-bond donors (Lipinski definition) is 2. The van der Waals surface area contributed by atoms with E-state index in [2.05, 4.69) is 10.4 Å². The van der Waals surface area contributed by atoms with Crippen LogP contribution in [0.1, 0.15) is 41.9 Å². The SMILES string of the molecule is O=C1CCCC2=C1C(c1ccc(C(F)(F)F)cc1)c1c([nH]n(-c3ccccc3)c1=O)N2. The number of carbonyl (C=O) groups excluding carboxylic acids is 1. The molecule has 1 aliphatic heterocycles. The number of para-hydroxylation sites is 1. The molecule has 0 saturated heterocycles. The lowest BCUT2D eigenvalue weighted by Crippen LogP contribution is -2.30. The van der Waals surface area contributed by atoms with Crippen molar-refractivity contribution < 1.29 is 18.0 Å². The molecule has 0 amide bonds. The van der Waals surface area contributed by atoms with Crippen LogP contribution in [0, 0.1) is 0 Å². The third-order valence-corrected chi connectivity index (χ3v) is 5.82. The van der Waals surface area contributed by atoms with E-state index in [-0.39, 0.29) is 11.3 Å². The molecule has 2 N–H and O–H groups in total. The highest BCUT2D eigenvalue weighted by Crippen LogP contribution is 2.44. The van der Waals surface area contributed by atoms with Crippen molar-refractivity contribution in [2.45, 2.75) is 31.4 Å². The van der Waals surface area contributed by atoms with Gasteiger partial charge in [0.15, 0.2) is 5.78 Å². The molecule has 5 rings (SSSR count). The van der Waals surface area contributed by atoms with Gasteiger partial charge in [-0.05, 0) is 42.7 Å². The summed E-state index contributed by atoms with van der Waals surface area (Å²) in [6, 6.07) is 13.7. The number of ketones is 1. The lowest BCUT2D eigenvalue weighted by Gasteiger charge is -2.31. The van der Waals surface area contributed by atoms with Gasteiger partial charge in [0.1, 0.15) is 5.82 Å². The van der Waals surface area contributed by atoms with Gasteiger partial charge in [-0.25, -0.2) is 4.68 Å². The average molecular weight is 425 g/mol. The summed E-state index contributed by atoms with van der Waals surface area (Å²) in [6.07, 6.45) is -2.79.